The van der Waals surface area contributed by atoms with Gasteiger partial charge in [-0.3, -0.25) is 4.79 Å². The molecule has 0 aliphatic rings. The summed E-state index contributed by atoms with van der Waals surface area (Å²) in [6.45, 7) is 7.07. The van der Waals surface area contributed by atoms with Crippen LogP contribution in [0.25, 0.3) is 0 Å². The maximum Gasteiger partial charge on any atom is 0.253 e. The number of hydrogen-bond acceptors (Lipinski definition) is 3. The molecule has 0 heterocycles. The molecule has 1 aromatic rings. The van der Waals surface area contributed by atoms with E-state index in [0.29, 0.717) is 12.5 Å². The molecular weight excluding hydrogens is 316 g/mol. The average molecular weight is 345 g/mol. The maximum absolute atomic E-state index is 12.3. The molecule has 0 saturated heterocycles. The Balaban J connectivity index is 0.00000441. The van der Waals surface area contributed by atoms with Crippen molar-refractivity contribution in [3.05, 3.63) is 35.4 Å². The number of hydrogen-bond donors (Lipinski definition) is 1. The third kappa shape index (κ3) is 7.03. The van der Waals surface area contributed by atoms with Crippen LogP contribution in [0, 0.1) is 5.92 Å². The molecule has 0 aliphatic heterocycles. The van der Waals surface area contributed by atoms with Gasteiger partial charge in [0.05, 0.1) is 0 Å². The summed E-state index contributed by atoms with van der Waals surface area (Å²) in [5, 5.41) is 0. The van der Waals surface area contributed by atoms with Gasteiger partial charge >= 0.3 is 0 Å². The van der Waals surface area contributed by atoms with Crippen molar-refractivity contribution in [1.82, 2.24) is 4.90 Å². The Bertz CT molecular complexity index is 437. The Kier molecular flexibility index (Phi) is 10.6. The van der Waals surface area contributed by atoms with Gasteiger partial charge in [0.25, 0.3) is 5.91 Å². The normalized spacial score (nSPS) is 11.9. The minimum Gasteiger partial charge on any atom is -0.342 e. The zero-order chi connectivity index (χ0) is 15.8. The molecule has 0 saturated carbocycles. The first-order valence-electron chi connectivity index (χ1n) is 7.63. The first-order chi connectivity index (χ1) is 9.95. The van der Waals surface area contributed by atoms with E-state index in [1.54, 1.807) is 4.90 Å². The monoisotopic (exact) mass is 344 g/mol. The van der Waals surface area contributed by atoms with Crippen molar-refractivity contribution in [2.75, 3.05) is 19.3 Å². The first kappa shape index (κ1) is 21.3. The maximum atomic E-state index is 12.3. The second kappa shape index (κ2) is 10.9. The third-order valence-electron chi connectivity index (χ3n) is 3.67. The molecule has 22 heavy (non-hydrogen) atoms. The minimum atomic E-state index is 0. The van der Waals surface area contributed by atoms with Gasteiger partial charge in [0, 0.05) is 31.0 Å². The number of carbonyl (C=O) groups is 1. The van der Waals surface area contributed by atoms with Crippen molar-refractivity contribution in [1.29, 1.82) is 0 Å². The van der Waals surface area contributed by atoms with E-state index in [0.717, 1.165) is 23.5 Å². The van der Waals surface area contributed by atoms with E-state index in [1.807, 2.05) is 43.1 Å². The molecule has 1 amide bonds. The number of carbonyl (C=O) groups excluding carboxylic acids is 1. The van der Waals surface area contributed by atoms with Crippen LogP contribution in [0.3, 0.4) is 0 Å². The molecular formula is C17H29ClN2OS. The third-order valence-corrected chi connectivity index (χ3v) is 4.62. The predicted molar refractivity (Wildman–Crippen MR) is 99.9 cm³/mol. The summed E-state index contributed by atoms with van der Waals surface area (Å²) in [6, 6.07) is 8.08. The highest BCUT2D eigenvalue weighted by molar-refractivity contribution is 7.98. The van der Waals surface area contributed by atoms with Crippen LogP contribution in [0.2, 0.25) is 0 Å². The van der Waals surface area contributed by atoms with Gasteiger partial charge in [-0.1, -0.05) is 32.9 Å². The van der Waals surface area contributed by atoms with E-state index in [4.69, 9.17) is 5.73 Å². The fourth-order valence-electron chi connectivity index (χ4n) is 1.96. The van der Waals surface area contributed by atoms with Gasteiger partial charge in [0.1, 0.15) is 0 Å². The van der Waals surface area contributed by atoms with E-state index in [9.17, 15) is 4.79 Å². The lowest BCUT2D eigenvalue weighted by atomic mass is 10.0. The van der Waals surface area contributed by atoms with Crippen LogP contribution in [0.5, 0.6) is 0 Å². The van der Waals surface area contributed by atoms with Crippen molar-refractivity contribution in [2.45, 2.75) is 39.0 Å². The lowest BCUT2D eigenvalue weighted by molar-refractivity contribution is 0.0789. The van der Waals surface area contributed by atoms with Crippen molar-refractivity contribution < 1.29 is 4.79 Å². The van der Waals surface area contributed by atoms with E-state index >= 15 is 0 Å². The molecule has 0 aromatic heterocycles. The highest BCUT2D eigenvalue weighted by atomic mass is 35.5. The Morgan fingerprint density at radius 1 is 1.27 bits per heavy atom. The number of amides is 1. The Morgan fingerprint density at radius 3 is 2.36 bits per heavy atom. The van der Waals surface area contributed by atoms with Crippen LogP contribution < -0.4 is 5.73 Å². The fraction of sp³-hybridized carbons (Fsp3) is 0.588. The number of benzene rings is 1. The van der Waals surface area contributed by atoms with E-state index in [2.05, 4.69) is 20.8 Å². The van der Waals surface area contributed by atoms with Crippen molar-refractivity contribution in [2.24, 2.45) is 11.7 Å². The first-order valence-corrected chi connectivity index (χ1v) is 8.78. The average Bonchev–Trinajstić information content (AvgIpc) is 2.49. The number of halogens is 1. The van der Waals surface area contributed by atoms with Crippen molar-refractivity contribution in [3.8, 4) is 0 Å². The van der Waals surface area contributed by atoms with Crippen LogP contribution in [0.15, 0.2) is 24.3 Å². The fourth-order valence-corrected chi connectivity index (χ4v) is 2.59. The molecule has 1 atom stereocenters. The highest BCUT2D eigenvalue weighted by Gasteiger charge is 2.14. The van der Waals surface area contributed by atoms with Crippen LogP contribution in [-0.2, 0) is 5.75 Å². The molecule has 0 radical (unpaired) electrons. The molecule has 3 nitrogen and oxygen atoms in total. The quantitative estimate of drug-likeness (QED) is 0.780. The lowest BCUT2D eigenvalue weighted by Crippen LogP contribution is -2.34. The van der Waals surface area contributed by atoms with Crippen LogP contribution in [0.1, 0.15) is 43.1 Å². The van der Waals surface area contributed by atoms with E-state index in [1.165, 1.54) is 5.56 Å². The second-order valence-corrected chi connectivity index (χ2v) is 7.03. The van der Waals surface area contributed by atoms with E-state index < -0.39 is 0 Å². The summed E-state index contributed by atoms with van der Waals surface area (Å²) >= 11 is 1.89. The molecule has 126 valence electrons. The molecule has 0 aliphatic carbocycles. The highest BCUT2D eigenvalue weighted by Crippen LogP contribution is 2.14. The van der Waals surface area contributed by atoms with Crippen molar-refractivity contribution >= 4 is 30.1 Å². The van der Waals surface area contributed by atoms with Gasteiger partial charge in [-0.05, 0) is 35.8 Å². The van der Waals surface area contributed by atoms with Crippen LogP contribution in [-0.4, -0.2) is 36.2 Å². The Hall–Kier alpha value is -0.710. The summed E-state index contributed by atoms with van der Waals surface area (Å²) in [6.07, 6.45) is 0.838. The molecule has 2 N–H and O–H groups in total. The number of nitrogens with zero attached hydrogens (tertiary/aromatic N) is 1. The molecule has 5 heteroatoms. The Labute approximate surface area is 145 Å². The molecule has 0 bridgehead atoms. The molecule has 0 spiro atoms. The van der Waals surface area contributed by atoms with Crippen molar-refractivity contribution in [3.63, 3.8) is 0 Å². The van der Waals surface area contributed by atoms with Gasteiger partial charge in [-0.15, -0.1) is 12.4 Å². The van der Waals surface area contributed by atoms with Gasteiger partial charge in [0.2, 0.25) is 0 Å². The number of rotatable bonds is 8. The van der Waals surface area contributed by atoms with E-state index in [-0.39, 0.29) is 24.4 Å². The number of thioether (sulfide) groups is 1. The van der Waals surface area contributed by atoms with Gasteiger partial charge < -0.3 is 10.6 Å². The Morgan fingerprint density at radius 2 is 1.86 bits per heavy atom. The smallest absolute Gasteiger partial charge is 0.253 e. The van der Waals surface area contributed by atoms with Gasteiger partial charge in [-0.2, -0.15) is 11.8 Å². The van der Waals surface area contributed by atoms with Gasteiger partial charge in [-0.25, -0.2) is 0 Å². The second-order valence-electron chi connectivity index (χ2n) is 5.76. The number of nitrogens with two attached hydrogens (primary N) is 1. The molecule has 1 rings (SSSR count). The summed E-state index contributed by atoms with van der Waals surface area (Å²) in [5.41, 5.74) is 8.05. The minimum absolute atomic E-state index is 0. The van der Waals surface area contributed by atoms with Crippen LogP contribution >= 0.6 is 24.2 Å². The zero-order valence-electron chi connectivity index (χ0n) is 14.0. The molecule has 0 fully saturated rings. The van der Waals surface area contributed by atoms with Crippen LogP contribution in [0.4, 0.5) is 0 Å². The lowest BCUT2D eigenvalue weighted by Gasteiger charge is -2.21. The molecule has 1 aromatic carbocycles. The van der Waals surface area contributed by atoms with Gasteiger partial charge in [0.15, 0.2) is 0 Å². The summed E-state index contributed by atoms with van der Waals surface area (Å²) in [5.74, 6) is 2.63. The standard InChI is InChI=1S/C17H28N2OS.ClH/c1-5-21-12-14-6-8-15(9-7-14)17(20)19(4)11-10-16(18)13(2)3;/h6-9,13,16H,5,10-12,18H2,1-4H3;1H. The largest absolute Gasteiger partial charge is 0.342 e. The topological polar surface area (TPSA) is 46.3 Å². The summed E-state index contributed by atoms with van der Waals surface area (Å²) in [4.78, 5) is 14.1. The summed E-state index contributed by atoms with van der Waals surface area (Å²) < 4.78 is 0. The SMILES string of the molecule is CCSCc1ccc(C(=O)N(C)CCC(N)C(C)C)cc1.Cl. The summed E-state index contributed by atoms with van der Waals surface area (Å²) in [7, 11) is 1.84. The zero-order valence-corrected chi connectivity index (χ0v) is 15.7. The predicted octanol–water partition coefficient (Wildman–Crippen LogP) is 3.81. The molecule has 1 unspecified atom stereocenters.